The third-order valence-corrected chi connectivity index (χ3v) is 4.24. The van der Waals surface area contributed by atoms with Crippen molar-refractivity contribution in [3.63, 3.8) is 0 Å². The monoisotopic (exact) mass is 277 g/mol. The molecule has 1 aromatic heterocycles. The number of pyridine rings is 1. The van der Waals surface area contributed by atoms with Gasteiger partial charge in [-0.2, -0.15) is 0 Å². The number of rotatable bonds is 1. The zero-order valence-electron chi connectivity index (χ0n) is 13.1. The Balaban J connectivity index is 2.07. The molecule has 0 amide bonds. The van der Waals surface area contributed by atoms with E-state index >= 15 is 0 Å². The quantitative estimate of drug-likeness (QED) is 0.712. The number of aromatic nitrogens is 1. The minimum Gasteiger partial charge on any atom is -0.357 e. The summed E-state index contributed by atoms with van der Waals surface area (Å²) in [5.74, 6) is 0. The zero-order chi connectivity index (χ0) is 15.0. The smallest absolute Gasteiger partial charge is 0.169 e. The molecule has 0 saturated heterocycles. The van der Waals surface area contributed by atoms with Crippen LogP contribution in [0.25, 0.3) is 5.57 Å². The molecular weight excluding hydrogens is 256 g/mol. The Bertz CT molecular complexity index is 709. The molecule has 0 aromatic carbocycles. The summed E-state index contributed by atoms with van der Waals surface area (Å²) in [5, 5.41) is 0. The summed E-state index contributed by atoms with van der Waals surface area (Å²) in [5.41, 5.74) is 7.95. The maximum Gasteiger partial charge on any atom is 0.169 e. The zero-order valence-corrected chi connectivity index (χ0v) is 13.1. The van der Waals surface area contributed by atoms with Gasteiger partial charge in [0.05, 0.1) is 0 Å². The number of nitrogens with zero attached hydrogens (tertiary/aromatic N) is 2. The van der Waals surface area contributed by atoms with Gasteiger partial charge in [0.1, 0.15) is 7.05 Å². The van der Waals surface area contributed by atoms with Crippen LogP contribution in [0.4, 0.5) is 0 Å². The minimum atomic E-state index is 1.28. The SMILES string of the molecule is CC1=C(C)C(=C2C=CN(C)C=C2)C=C1c1cc[n+](C)cc1. The topological polar surface area (TPSA) is 7.12 Å². The van der Waals surface area contributed by atoms with Gasteiger partial charge in [0.15, 0.2) is 12.4 Å². The van der Waals surface area contributed by atoms with E-state index in [0.29, 0.717) is 0 Å². The molecule has 2 heteroatoms. The highest BCUT2D eigenvalue weighted by Gasteiger charge is 2.19. The van der Waals surface area contributed by atoms with E-state index in [2.05, 4.69) is 78.5 Å². The van der Waals surface area contributed by atoms with E-state index in [9.17, 15) is 0 Å². The fourth-order valence-electron chi connectivity index (χ4n) is 2.73. The molecule has 0 bridgehead atoms. The molecule has 2 aliphatic rings. The van der Waals surface area contributed by atoms with Crippen LogP contribution >= 0.6 is 0 Å². The van der Waals surface area contributed by atoms with Crippen molar-refractivity contribution in [3.8, 4) is 0 Å². The minimum absolute atomic E-state index is 1.28. The van der Waals surface area contributed by atoms with Crippen LogP contribution in [0.1, 0.15) is 19.4 Å². The van der Waals surface area contributed by atoms with Crippen LogP contribution in [-0.2, 0) is 7.05 Å². The first-order valence-electron chi connectivity index (χ1n) is 7.24. The molecule has 0 radical (unpaired) electrons. The lowest BCUT2D eigenvalue weighted by molar-refractivity contribution is -0.671. The van der Waals surface area contributed by atoms with Crippen LogP contribution in [0.3, 0.4) is 0 Å². The molecule has 0 saturated carbocycles. The van der Waals surface area contributed by atoms with Gasteiger partial charge in [0.2, 0.25) is 0 Å². The van der Waals surface area contributed by atoms with Gasteiger partial charge in [-0.15, -0.1) is 0 Å². The maximum atomic E-state index is 2.31. The van der Waals surface area contributed by atoms with Gasteiger partial charge in [-0.25, -0.2) is 4.57 Å². The van der Waals surface area contributed by atoms with Crippen molar-refractivity contribution >= 4 is 5.57 Å². The Kier molecular flexibility index (Phi) is 3.38. The van der Waals surface area contributed by atoms with Crippen molar-refractivity contribution in [2.75, 3.05) is 7.05 Å². The van der Waals surface area contributed by atoms with Crippen LogP contribution in [0.2, 0.25) is 0 Å². The van der Waals surface area contributed by atoms with Gasteiger partial charge in [0, 0.05) is 31.6 Å². The molecule has 2 heterocycles. The normalized spacial score (nSPS) is 17.9. The van der Waals surface area contributed by atoms with E-state index < -0.39 is 0 Å². The number of aryl methyl sites for hydroxylation is 1. The summed E-state index contributed by atoms with van der Waals surface area (Å²) >= 11 is 0. The molecule has 0 unspecified atom stereocenters. The number of hydrogen-bond donors (Lipinski definition) is 0. The van der Waals surface area contributed by atoms with Crippen molar-refractivity contribution in [3.05, 3.63) is 83.0 Å². The molecule has 21 heavy (non-hydrogen) atoms. The second kappa shape index (κ2) is 5.21. The van der Waals surface area contributed by atoms with Crippen molar-refractivity contribution in [2.24, 2.45) is 7.05 Å². The first kappa shape index (κ1) is 13.6. The summed E-state index contributed by atoms with van der Waals surface area (Å²) in [6, 6.07) is 4.35. The highest BCUT2D eigenvalue weighted by atomic mass is 15.0. The standard InChI is InChI=1S/C19H21N2/c1-14-15(2)19(17-7-11-21(4)12-8-17)13-18(14)16-5-9-20(3)10-6-16/h5-13H,1-4H3/q+1. The van der Waals surface area contributed by atoms with Crippen LogP contribution in [0.5, 0.6) is 0 Å². The van der Waals surface area contributed by atoms with E-state index in [1.807, 2.05) is 14.1 Å². The molecule has 0 atom stereocenters. The Morgan fingerprint density at radius 3 is 2.19 bits per heavy atom. The maximum absolute atomic E-state index is 2.31. The summed E-state index contributed by atoms with van der Waals surface area (Å²) in [6.07, 6.45) is 15.1. The Morgan fingerprint density at radius 1 is 0.952 bits per heavy atom. The summed E-state index contributed by atoms with van der Waals surface area (Å²) in [6.45, 7) is 4.42. The highest BCUT2D eigenvalue weighted by molar-refractivity contribution is 5.88. The molecule has 0 spiro atoms. The summed E-state index contributed by atoms with van der Waals surface area (Å²) in [4.78, 5) is 2.06. The molecule has 1 aliphatic heterocycles. The largest absolute Gasteiger partial charge is 0.357 e. The van der Waals surface area contributed by atoms with Crippen LogP contribution in [0.15, 0.2) is 77.4 Å². The van der Waals surface area contributed by atoms with E-state index in [1.165, 1.54) is 33.4 Å². The lowest BCUT2D eigenvalue weighted by atomic mass is 10.0. The molecule has 1 aromatic rings. The second-order valence-corrected chi connectivity index (χ2v) is 5.73. The fraction of sp³-hybridized carbons (Fsp3) is 0.211. The van der Waals surface area contributed by atoms with E-state index in [-0.39, 0.29) is 0 Å². The molecule has 0 fully saturated rings. The molecule has 0 N–H and O–H groups in total. The predicted molar refractivity (Wildman–Crippen MR) is 87.0 cm³/mol. The first-order valence-corrected chi connectivity index (χ1v) is 7.24. The first-order chi connectivity index (χ1) is 10.1. The van der Waals surface area contributed by atoms with Crippen molar-refractivity contribution in [1.29, 1.82) is 0 Å². The van der Waals surface area contributed by atoms with Crippen LogP contribution < -0.4 is 4.57 Å². The van der Waals surface area contributed by atoms with Crippen molar-refractivity contribution < 1.29 is 4.57 Å². The third-order valence-electron chi connectivity index (χ3n) is 4.24. The van der Waals surface area contributed by atoms with Gasteiger partial charge in [-0.05, 0) is 65.5 Å². The lowest BCUT2D eigenvalue weighted by Crippen LogP contribution is -2.25. The third kappa shape index (κ3) is 2.49. The van der Waals surface area contributed by atoms with Gasteiger partial charge >= 0.3 is 0 Å². The molecule has 106 valence electrons. The Labute approximate surface area is 126 Å². The fourth-order valence-corrected chi connectivity index (χ4v) is 2.73. The van der Waals surface area contributed by atoms with Gasteiger partial charge < -0.3 is 4.90 Å². The molecule has 3 rings (SSSR count). The van der Waals surface area contributed by atoms with Gasteiger partial charge in [-0.3, -0.25) is 0 Å². The van der Waals surface area contributed by atoms with Crippen LogP contribution in [-0.4, -0.2) is 11.9 Å². The van der Waals surface area contributed by atoms with Gasteiger partial charge in [0.25, 0.3) is 0 Å². The van der Waals surface area contributed by atoms with E-state index in [1.54, 1.807) is 0 Å². The van der Waals surface area contributed by atoms with Crippen molar-refractivity contribution in [2.45, 2.75) is 13.8 Å². The Morgan fingerprint density at radius 2 is 1.57 bits per heavy atom. The highest BCUT2D eigenvalue weighted by Crippen LogP contribution is 2.38. The predicted octanol–water partition coefficient (Wildman–Crippen LogP) is 3.51. The summed E-state index contributed by atoms with van der Waals surface area (Å²) in [7, 11) is 4.09. The summed E-state index contributed by atoms with van der Waals surface area (Å²) < 4.78 is 2.06. The lowest BCUT2D eigenvalue weighted by Gasteiger charge is -2.13. The van der Waals surface area contributed by atoms with Crippen molar-refractivity contribution in [1.82, 2.24) is 4.90 Å². The average molecular weight is 277 g/mol. The molecule has 1 aliphatic carbocycles. The van der Waals surface area contributed by atoms with E-state index in [0.717, 1.165) is 0 Å². The van der Waals surface area contributed by atoms with E-state index in [4.69, 9.17) is 0 Å². The number of hydrogen-bond acceptors (Lipinski definition) is 1. The van der Waals surface area contributed by atoms with Gasteiger partial charge in [-0.1, -0.05) is 0 Å². The number of allylic oxidation sites excluding steroid dienone is 8. The Hall–Kier alpha value is -2.35. The molecule has 2 nitrogen and oxygen atoms in total. The second-order valence-electron chi connectivity index (χ2n) is 5.73. The average Bonchev–Trinajstić information content (AvgIpc) is 2.78. The van der Waals surface area contributed by atoms with Crippen LogP contribution in [0, 0.1) is 0 Å². The molecular formula is C19H21N2+.